The Labute approximate surface area is 208 Å². The number of anilines is 2. The van der Waals surface area contributed by atoms with Gasteiger partial charge in [-0.2, -0.15) is 0 Å². The van der Waals surface area contributed by atoms with Crippen LogP contribution in [0.25, 0.3) is 27.9 Å². The number of allylic oxidation sites excluding steroid dienone is 1. The molecule has 0 bridgehead atoms. The van der Waals surface area contributed by atoms with Crippen molar-refractivity contribution in [3.8, 4) is 5.75 Å². The SMILES string of the molecule is COc1ccc(/C=C/C(=O)c2cccc(Nc3c4ccc(Cl)cc4nc4ccc(C)cc34)c2)cc1. The Morgan fingerprint density at radius 2 is 1.74 bits per heavy atom. The molecule has 0 amide bonds. The van der Waals surface area contributed by atoms with Crippen LogP contribution in [0.1, 0.15) is 21.5 Å². The number of ether oxygens (including phenoxy) is 1. The maximum absolute atomic E-state index is 12.9. The minimum atomic E-state index is -0.0726. The van der Waals surface area contributed by atoms with Crippen LogP contribution in [0.5, 0.6) is 5.75 Å². The fourth-order valence-electron chi connectivity index (χ4n) is 4.04. The van der Waals surface area contributed by atoms with Crippen molar-refractivity contribution < 1.29 is 9.53 Å². The highest BCUT2D eigenvalue weighted by Gasteiger charge is 2.12. The molecule has 0 atom stereocenters. The molecule has 0 fully saturated rings. The van der Waals surface area contributed by atoms with Crippen molar-refractivity contribution in [1.29, 1.82) is 0 Å². The van der Waals surface area contributed by atoms with Gasteiger partial charge in [0.2, 0.25) is 0 Å². The van der Waals surface area contributed by atoms with Crippen molar-refractivity contribution in [1.82, 2.24) is 4.98 Å². The van der Waals surface area contributed by atoms with Crippen molar-refractivity contribution in [2.45, 2.75) is 6.92 Å². The monoisotopic (exact) mass is 478 g/mol. The van der Waals surface area contributed by atoms with Crippen molar-refractivity contribution in [2.24, 2.45) is 0 Å². The molecule has 4 nitrogen and oxygen atoms in total. The standard InChI is InChI=1S/C30H23ClN2O2/c1-19-6-14-27-26(16-19)30(25-13-10-22(31)18-28(25)33-27)32-23-5-3-4-21(17-23)29(34)15-9-20-7-11-24(35-2)12-8-20/h3-18H,1-2H3,(H,32,33)/b15-9+. The zero-order valence-corrected chi connectivity index (χ0v) is 20.1. The lowest BCUT2D eigenvalue weighted by Gasteiger charge is -2.14. The summed E-state index contributed by atoms with van der Waals surface area (Å²) in [4.78, 5) is 17.7. The summed E-state index contributed by atoms with van der Waals surface area (Å²) in [6.07, 6.45) is 3.39. The second-order valence-corrected chi connectivity index (χ2v) is 8.78. The number of rotatable bonds is 6. The quantitative estimate of drug-likeness (QED) is 0.152. The Morgan fingerprint density at radius 1 is 0.914 bits per heavy atom. The second-order valence-electron chi connectivity index (χ2n) is 8.35. The first-order valence-corrected chi connectivity index (χ1v) is 11.6. The van der Waals surface area contributed by atoms with Crippen molar-refractivity contribution >= 4 is 56.6 Å². The summed E-state index contributed by atoms with van der Waals surface area (Å²) in [6, 6.07) is 27.0. The van der Waals surface area contributed by atoms with E-state index < -0.39 is 0 Å². The largest absolute Gasteiger partial charge is 0.497 e. The molecule has 1 heterocycles. The minimum Gasteiger partial charge on any atom is -0.497 e. The summed E-state index contributed by atoms with van der Waals surface area (Å²) in [6.45, 7) is 2.06. The van der Waals surface area contributed by atoms with Crippen LogP contribution < -0.4 is 10.1 Å². The maximum atomic E-state index is 12.9. The van der Waals surface area contributed by atoms with E-state index in [-0.39, 0.29) is 5.78 Å². The number of carbonyl (C=O) groups is 1. The van der Waals surface area contributed by atoms with E-state index in [1.165, 1.54) is 0 Å². The minimum absolute atomic E-state index is 0.0726. The van der Waals surface area contributed by atoms with Gasteiger partial charge in [0.15, 0.2) is 5.78 Å². The van der Waals surface area contributed by atoms with Gasteiger partial charge in [0.1, 0.15) is 5.75 Å². The fraction of sp³-hybridized carbons (Fsp3) is 0.0667. The van der Waals surface area contributed by atoms with Gasteiger partial charge >= 0.3 is 0 Å². The van der Waals surface area contributed by atoms with Crippen molar-refractivity contribution in [2.75, 3.05) is 12.4 Å². The molecule has 172 valence electrons. The number of fused-ring (bicyclic) bond motifs is 2. The number of pyridine rings is 1. The normalized spacial score (nSPS) is 11.3. The smallest absolute Gasteiger partial charge is 0.185 e. The molecule has 5 aromatic rings. The molecule has 0 unspecified atom stereocenters. The summed E-state index contributed by atoms with van der Waals surface area (Å²) in [5.74, 6) is 0.706. The van der Waals surface area contributed by atoms with Gasteiger partial charge in [-0.15, -0.1) is 0 Å². The van der Waals surface area contributed by atoms with Gasteiger partial charge in [0, 0.05) is 27.0 Å². The predicted octanol–water partition coefficient (Wildman–Crippen LogP) is 8.00. The van der Waals surface area contributed by atoms with E-state index in [1.54, 1.807) is 19.3 Å². The molecule has 0 aliphatic carbocycles. The molecule has 1 aromatic heterocycles. The molecule has 35 heavy (non-hydrogen) atoms. The predicted molar refractivity (Wildman–Crippen MR) is 145 cm³/mol. The van der Waals surface area contributed by atoms with Gasteiger partial charge in [-0.05, 0) is 73.2 Å². The lowest BCUT2D eigenvalue weighted by Crippen LogP contribution is -1.99. The molecular formula is C30H23ClN2O2. The Kier molecular flexibility index (Phi) is 6.21. The van der Waals surface area contributed by atoms with Crippen LogP contribution in [0.15, 0.2) is 91.0 Å². The molecule has 0 aliphatic rings. The van der Waals surface area contributed by atoms with Crippen LogP contribution in [0.2, 0.25) is 5.02 Å². The first-order valence-electron chi connectivity index (χ1n) is 11.2. The summed E-state index contributed by atoms with van der Waals surface area (Å²) in [5, 5.41) is 6.15. The highest BCUT2D eigenvalue weighted by Crippen LogP contribution is 2.35. The number of hydrogen-bond acceptors (Lipinski definition) is 4. The van der Waals surface area contributed by atoms with Crippen molar-refractivity contribution in [3.05, 3.63) is 113 Å². The first-order chi connectivity index (χ1) is 17.0. The van der Waals surface area contributed by atoms with Gasteiger partial charge in [0.25, 0.3) is 0 Å². The molecule has 1 N–H and O–H groups in total. The molecule has 5 rings (SSSR count). The van der Waals surface area contributed by atoms with Crippen LogP contribution in [0, 0.1) is 6.92 Å². The summed E-state index contributed by atoms with van der Waals surface area (Å²) in [7, 11) is 1.63. The number of ketones is 1. The van der Waals surface area contributed by atoms with Gasteiger partial charge in [-0.25, -0.2) is 4.98 Å². The molecule has 0 saturated heterocycles. The van der Waals surface area contributed by atoms with Crippen molar-refractivity contribution in [3.63, 3.8) is 0 Å². The number of hydrogen-bond donors (Lipinski definition) is 1. The lowest BCUT2D eigenvalue weighted by atomic mass is 10.0. The number of carbonyl (C=O) groups excluding carboxylic acids is 1. The van der Waals surface area contributed by atoms with E-state index in [2.05, 4.69) is 18.3 Å². The molecule has 0 aliphatic heterocycles. The number of aromatic nitrogens is 1. The lowest BCUT2D eigenvalue weighted by molar-refractivity contribution is 0.104. The van der Waals surface area contributed by atoms with Crippen LogP contribution in [0.4, 0.5) is 11.4 Å². The van der Waals surface area contributed by atoms with E-state index in [1.807, 2.05) is 78.9 Å². The fourth-order valence-corrected chi connectivity index (χ4v) is 4.21. The molecule has 0 saturated carbocycles. The van der Waals surface area contributed by atoms with Gasteiger partial charge < -0.3 is 10.1 Å². The average Bonchev–Trinajstić information content (AvgIpc) is 2.88. The zero-order chi connectivity index (χ0) is 24.4. The Hall–Kier alpha value is -4.15. The third kappa shape index (κ3) is 4.88. The van der Waals surface area contributed by atoms with Crippen LogP contribution in [-0.4, -0.2) is 17.9 Å². The van der Waals surface area contributed by atoms with E-state index in [0.29, 0.717) is 10.6 Å². The van der Waals surface area contributed by atoms with Gasteiger partial charge in [-0.3, -0.25) is 4.79 Å². The van der Waals surface area contributed by atoms with E-state index in [9.17, 15) is 4.79 Å². The van der Waals surface area contributed by atoms with E-state index >= 15 is 0 Å². The van der Waals surface area contributed by atoms with Gasteiger partial charge in [-0.1, -0.05) is 53.6 Å². The Balaban J connectivity index is 1.49. The second kappa shape index (κ2) is 9.61. The number of aryl methyl sites for hydroxylation is 1. The van der Waals surface area contributed by atoms with Crippen LogP contribution in [0.3, 0.4) is 0 Å². The van der Waals surface area contributed by atoms with E-state index in [0.717, 1.165) is 50.1 Å². The molecular weight excluding hydrogens is 456 g/mol. The van der Waals surface area contributed by atoms with E-state index in [4.69, 9.17) is 21.3 Å². The topological polar surface area (TPSA) is 51.2 Å². The molecule has 5 heteroatoms. The van der Waals surface area contributed by atoms with Crippen LogP contribution >= 0.6 is 11.6 Å². The molecule has 0 radical (unpaired) electrons. The summed E-state index contributed by atoms with van der Waals surface area (Å²) in [5.41, 5.74) is 6.11. The molecule has 4 aromatic carbocycles. The number of benzene rings is 4. The number of nitrogens with one attached hydrogen (secondary N) is 1. The summed E-state index contributed by atoms with van der Waals surface area (Å²) >= 11 is 6.24. The third-order valence-corrected chi connectivity index (χ3v) is 6.09. The van der Waals surface area contributed by atoms with Crippen LogP contribution in [-0.2, 0) is 0 Å². The Bertz CT molecular complexity index is 1590. The number of halogens is 1. The zero-order valence-electron chi connectivity index (χ0n) is 19.4. The highest BCUT2D eigenvalue weighted by atomic mass is 35.5. The third-order valence-electron chi connectivity index (χ3n) is 5.85. The first kappa shape index (κ1) is 22.6. The van der Waals surface area contributed by atoms with Gasteiger partial charge in [0.05, 0.1) is 23.8 Å². The maximum Gasteiger partial charge on any atom is 0.185 e. The average molecular weight is 479 g/mol. The summed E-state index contributed by atoms with van der Waals surface area (Å²) < 4.78 is 5.18. The molecule has 0 spiro atoms. The Morgan fingerprint density at radius 3 is 2.54 bits per heavy atom. The number of nitrogens with zero attached hydrogens (tertiary/aromatic N) is 1. The highest BCUT2D eigenvalue weighted by molar-refractivity contribution is 6.31. The number of methoxy groups -OCH3 is 1.